The summed E-state index contributed by atoms with van der Waals surface area (Å²) < 4.78 is 38.0. The minimum absolute atomic E-state index is 0.178. The molecule has 1 saturated heterocycles. The van der Waals surface area contributed by atoms with Crippen LogP contribution in [0.4, 0.5) is 18.9 Å². The van der Waals surface area contributed by atoms with Crippen LogP contribution in [0.5, 0.6) is 0 Å². The van der Waals surface area contributed by atoms with E-state index in [2.05, 4.69) is 17.1 Å². The molecule has 1 heterocycles. The predicted molar refractivity (Wildman–Crippen MR) is 79.5 cm³/mol. The maximum Gasteiger partial charge on any atom is 0.416 e. The van der Waals surface area contributed by atoms with E-state index in [1.54, 1.807) is 6.92 Å². The van der Waals surface area contributed by atoms with Crippen molar-refractivity contribution in [1.29, 1.82) is 0 Å². The van der Waals surface area contributed by atoms with E-state index in [1.165, 1.54) is 12.1 Å². The third-order valence-electron chi connectivity index (χ3n) is 4.20. The Balaban J connectivity index is 1.99. The van der Waals surface area contributed by atoms with Crippen LogP contribution in [0.25, 0.3) is 0 Å². The van der Waals surface area contributed by atoms with Gasteiger partial charge in [-0.05, 0) is 57.0 Å². The van der Waals surface area contributed by atoms with Crippen molar-refractivity contribution in [3.05, 3.63) is 29.8 Å². The fraction of sp³-hybridized carbons (Fsp3) is 0.562. The lowest BCUT2D eigenvalue weighted by Gasteiger charge is -2.34. The monoisotopic (exact) mass is 314 g/mol. The number of alkyl halides is 3. The molecule has 1 aliphatic rings. The van der Waals surface area contributed by atoms with Crippen molar-refractivity contribution in [3.63, 3.8) is 0 Å². The molecule has 1 aromatic rings. The summed E-state index contributed by atoms with van der Waals surface area (Å²) in [6.45, 7) is 5.67. The molecule has 6 heteroatoms. The maximum atomic E-state index is 12.7. The fourth-order valence-corrected chi connectivity index (χ4v) is 2.60. The highest BCUT2D eigenvalue weighted by molar-refractivity contribution is 5.94. The lowest BCUT2D eigenvalue weighted by atomic mass is 9.98. The molecule has 0 aromatic heterocycles. The van der Waals surface area contributed by atoms with Crippen LogP contribution in [0.15, 0.2) is 24.3 Å². The second-order valence-electron chi connectivity index (χ2n) is 5.96. The molecule has 0 bridgehead atoms. The highest BCUT2D eigenvalue weighted by atomic mass is 19.4. The number of carbonyl (C=O) groups excluding carboxylic acids is 1. The Hall–Kier alpha value is -1.56. The molecular weight excluding hydrogens is 293 g/mol. The van der Waals surface area contributed by atoms with Gasteiger partial charge in [-0.1, -0.05) is 13.0 Å². The minimum atomic E-state index is -4.41. The Bertz CT molecular complexity index is 522. The molecule has 1 amide bonds. The molecule has 2 rings (SSSR count). The van der Waals surface area contributed by atoms with E-state index in [9.17, 15) is 18.0 Å². The van der Waals surface area contributed by atoms with Crippen molar-refractivity contribution in [2.24, 2.45) is 5.92 Å². The van der Waals surface area contributed by atoms with Gasteiger partial charge in [-0.3, -0.25) is 9.69 Å². The van der Waals surface area contributed by atoms with Gasteiger partial charge in [0.25, 0.3) is 0 Å². The van der Waals surface area contributed by atoms with Gasteiger partial charge in [0.05, 0.1) is 11.6 Å². The zero-order valence-corrected chi connectivity index (χ0v) is 12.8. The fourth-order valence-electron chi connectivity index (χ4n) is 2.60. The Morgan fingerprint density at radius 3 is 2.55 bits per heavy atom. The summed E-state index contributed by atoms with van der Waals surface area (Å²) in [5.41, 5.74) is -0.582. The first-order valence-electron chi connectivity index (χ1n) is 7.49. The molecule has 0 radical (unpaired) electrons. The first-order valence-corrected chi connectivity index (χ1v) is 7.49. The van der Waals surface area contributed by atoms with E-state index >= 15 is 0 Å². The molecule has 3 nitrogen and oxygen atoms in total. The van der Waals surface area contributed by atoms with E-state index < -0.39 is 11.7 Å². The van der Waals surface area contributed by atoms with Crippen molar-refractivity contribution >= 4 is 11.6 Å². The summed E-state index contributed by atoms with van der Waals surface area (Å²) in [6, 6.07) is 4.37. The van der Waals surface area contributed by atoms with E-state index in [-0.39, 0.29) is 17.6 Å². The number of anilines is 1. The lowest BCUT2D eigenvalue weighted by Crippen LogP contribution is -2.45. The number of hydrogen-bond acceptors (Lipinski definition) is 2. The number of amides is 1. The Kier molecular flexibility index (Phi) is 5.11. The number of nitrogens with zero attached hydrogens (tertiary/aromatic N) is 1. The van der Waals surface area contributed by atoms with Crippen molar-refractivity contribution < 1.29 is 18.0 Å². The van der Waals surface area contributed by atoms with Crippen LogP contribution in [0.1, 0.15) is 32.3 Å². The van der Waals surface area contributed by atoms with Gasteiger partial charge >= 0.3 is 6.18 Å². The summed E-state index contributed by atoms with van der Waals surface area (Å²) in [7, 11) is 0. The normalized spacial score (nSPS) is 19.0. The second kappa shape index (κ2) is 6.69. The zero-order chi connectivity index (χ0) is 16.3. The van der Waals surface area contributed by atoms with Gasteiger partial charge in [0.1, 0.15) is 0 Å². The minimum Gasteiger partial charge on any atom is -0.325 e. The summed E-state index contributed by atoms with van der Waals surface area (Å²) >= 11 is 0. The van der Waals surface area contributed by atoms with Crippen LogP contribution in [0.3, 0.4) is 0 Å². The van der Waals surface area contributed by atoms with Gasteiger partial charge in [-0.15, -0.1) is 0 Å². The van der Waals surface area contributed by atoms with E-state index in [0.29, 0.717) is 5.92 Å². The predicted octanol–water partition coefficient (Wildman–Crippen LogP) is 3.76. The molecule has 1 atom stereocenters. The first kappa shape index (κ1) is 16.8. The first-order chi connectivity index (χ1) is 10.3. The van der Waals surface area contributed by atoms with Gasteiger partial charge in [-0.25, -0.2) is 0 Å². The highest BCUT2D eigenvalue weighted by Gasteiger charge is 2.31. The molecule has 1 N–H and O–H groups in total. The molecule has 22 heavy (non-hydrogen) atoms. The van der Waals surface area contributed by atoms with E-state index in [4.69, 9.17) is 0 Å². The largest absolute Gasteiger partial charge is 0.416 e. The summed E-state index contributed by atoms with van der Waals surface area (Å²) in [5.74, 6) is 0.392. The third kappa shape index (κ3) is 4.22. The number of benzene rings is 1. The van der Waals surface area contributed by atoms with Gasteiger partial charge in [-0.2, -0.15) is 13.2 Å². The number of nitrogens with one attached hydrogen (secondary N) is 1. The van der Waals surface area contributed by atoms with Gasteiger partial charge in [0.15, 0.2) is 0 Å². The highest BCUT2D eigenvalue weighted by Crippen LogP contribution is 2.30. The molecule has 122 valence electrons. The average molecular weight is 314 g/mol. The molecule has 1 aromatic carbocycles. The van der Waals surface area contributed by atoms with E-state index in [0.717, 1.165) is 38.1 Å². The van der Waals surface area contributed by atoms with Crippen molar-refractivity contribution in [1.82, 2.24) is 4.90 Å². The average Bonchev–Trinajstić information content (AvgIpc) is 2.46. The van der Waals surface area contributed by atoms with Crippen LogP contribution < -0.4 is 5.32 Å². The molecule has 0 unspecified atom stereocenters. The Morgan fingerprint density at radius 1 is 1.32 bits per heavy atom. The lowest BCUT2D eigenvalue weighted by molar-refractivity contribution is -0.137. The second-order valence-corrected chi connectivity index (χ2v) is 5.96. The van der Waals surface area contributed by atoms with E-state index in [1.807, 2.05) is 0 Å². The number of piperidine rings is 1. The molecular formula is C16H21F3N2O. The summed E-state index contributed by atoms with van der Waals surface area (Å²) in [5, 5.41) is 2.58. The molecule has 0 saturated carbocycles. The third-order valence-corrected chi connectivity index (χ3v) is 4.20. The molecule has 1 fully saturated rings. The maximum absolute atomic E-state index is 12.7. The van der Waals surface area contributed by atoms with Crippen LogP contribution in [-0.2, 0) is 11.0 Å². The summed E-state index contributed by atoms with van der Waals surface area (Å²) in [4.78, 5) is 14.3. The quantitative estimate of drug-likeness (QED) is 0.921. The van der Waals surface area contributed by atoms with Crippen LogP contribution in [0.2, 0.25) is 0 Å². The Morgan fingerprint density at radius 2 is 1.95 bits per heavy atom. The number of rotatable bonds is 3. The zero-order valence-electron chi connectivity index (χ0n) is 12.8. The van der Waals surface area contributed by atoms with Crippen molar-refractivity contribution in [3.8, 4) is 0 Å². The number of halogens is 3. The molecule has 0 aliphatic carbocycles. The van der Waals surface area contributed by atoms with Crippen molar-refractivity contribution in [2.75, 3.05) is 18.4 Å². The standard InChI is InChI=1S/C16H21F3N2O/c1-11-6-8-21(9-7-11)12(2)15(22)20-14-5-3-4-13(10-14)16(17,18)19/h3-5,10-12H,6-9H2,1-2H3,(H,20,22)/t12-/m0/s1. The van der Waals surface area contributed by atoms with Gasteiger partial charge in [0, 0.05) is 5.69 Å². The Labute approximate surface area is 128 Å². The molecule has 0 spiro atoms. The SMILES string of the molecule is CC1CCN([C@@H](C)C(=O)Nc2cccc(C(F)(F)F)c2)CC1. The van der Waals surface area contributed by atoms with Crippen LogP contribution >= 0.6 is 0 Å². The van der Waals surface area contributed by atoms with Crippen LogP contribution in [0, 0.1) is 5.92 Å². The molecule has 1 aliphatic heterocycles. The number of likely N-dealkylation sites (tertiary alicyclic amines) is 1. The topological polar surface area (TPSA) is 32.3 Å². The summed E-state index contributed by atoms with van der Waals surface area (Å²) in [6.07, 6.45) is -2.32. The van der Waals surface area contributed by atoms with Gasteiger partial charge in [0.2, 0.25) is 5.91 Å². The number of carbonyl (C=O) groups is 1. The van der Waals surface area contributed by atoms with Gasteiger partial charge < -0.3 is 5.32 Å². The number of hydrogen-bond donors (Lipinski definition) is 1. The van der Waals surface area contributed by atoms with Crippen molar-refractivity contribution in [2.45, 2.75) is 38.9 Å². The smallest absolute Gasteiger partial charge is 0.325 e. The van der Waals surface area contributed by atoms with Crippen LogP contribution in [-0.4, -0.2) is 29.9 Å².